The minimum atomic E-state index is 0.242. The molecule has 2 heterocycles. The maximum atomic E-state index is 9.22. The molecule has 3 aromatic rings. The van der Waals surface area contributed by atoms with Gasteiger partial charge in [-0.3, -0.25) is 4.98 Å². The van der Waals surface area contributed by atoms with Crippen molar-refractivity contribution in [3.05, 3.63) is 60.2 Å². The molecule has 0 atom stereocenters. The fraction of sp³-hybridized carbons (Fsp3) is 0.0714. The van der Waals surface area contributed by atoms with Gasteiger partial charge in [-0.25, -0.2) is 0 Å². The lowest BCUT2D eigenvalue weighted by molar-refractivity contribution is 0.385. The zero-order chi connectivity index (χ0) is 13.1. The number of nitrogens with zero attached hydrogens (tertiary/aromatic N) is 3. The molecule has 19 heavy (non-hydrogen) atoms. The van der Waals surface area contributed by atoms with E-state index in [1.54, 1.807) is 24.5 Å². The van der Waals surface area contributed by atoms with E-state index in [2.05, 4.69) is 15.1 Å². The zero-order valence-corrected chi connectivity index (χ0v) is 10.0. The summed E-state index contributed by atoms with van der Waals surface area (Å²) in [5.41, 5.74) is 1.87. The van der Waals surface area contributed by atoms with Gasteiger partial charge in [-0.05, 0) is 29.8 Å². The number of hydrogen-bond acceptors (Lipinski definition) is 5. The molecular weight excluding hydrogens is 242 g/mol. The molecule has 0 aliphatic rings. The van der Waals surface area contributed by atoms with E-state index < -0.39 is 0 Å². The highest BCUT2D eigenvalue weighted by molar-refractivity contribution is 5.52. The summed E-state index contributed by atoms with van der Waals surface area (Å²) in [5.74, 6) is 1.33. The molecule has 0 aliphatic carbocycles. The summed E-state index contributed by atoms with van der Waals surface area (Å²) in [6, 6.07) is 10.6. The topological polar surface area (TPSA) is 72.0 Å². The van der Waals surface area contributed by atoms with Crippen LogP contribution in [0.1, 0.15) is 11.5 Å². The first-order valence-corrected chi connectivity index (χ1v) is 5.82. The van der Waals surface area contributed by atoms with Crippen molar-refractivity contribution in [1.29, 1.82) is 0 Å². The minimum absolute atomic E-state index is 0.242. The van der Waals surface area contributed by atoms with Gasteiger partial charge in [0, 0.05) is 18.0 Å². The van der Waals surface area contributed by atoms with Gasteiger partial charge in [0.2, 0.25) is 11.7 Å². The average molecular weight is 253 g/mol. The van der Waals surface area contributed by atoms with E-state index >= 15 is 0 Å². The third-order valence-electron chi connectivity index (χ3n) is 2.70. The molecule has 3 rings (SSSR count). The van der Waals surface area contributed by atoms with Crippen LogP contribution >= 0.6 is 0 Å². The Morgan fingerprint density at radius 2 is 1.74 bits per heavy atom. The van der Waals surface area contributed by atoms with Gasteiger partial charge in [0.15, 0.2) is 0 Å². The summed E-state index contributed by atoms with van der Waals surface area (Å²) in [7, 11) is 0. The predicted molar refractivity (Wildman–Crippen MR) is 68.4 cm³/mol. The van der Waals surface area contributed by atoms with Crippen molar-refractivity contribution in [3.8, 4) is 17.1 Å². The smallest absolute Gasteiger partial charge is 0.231 e. The van der Waals surface area contributed by atoms with E-state index in [0.29, 0.717) is 18.1 Å². The van der Waals surface area contributed by atoms with Crippen molar-refractivity contribution < 1.29 is 9.63 Å². The van der Waals surface area contributed by atoms with Crippen LogP contribution in [0.5, 0.6) is 5.75 Å². The normalized spacial score (nSPS) is 10.5. The number of rotatable bonds is 3. The summed E-state index contributed by atoms with van der Waals surface area (Å²) in [6.07, 6.45) is 3.91. The Bertz CT molecular complexity index is 663. The number of benzene rings is 1. The highest BCUT2D eigenvalue weighted by Crippen LogP contribution is 2.17. The van der Waals surface area contributed by atoms with Gasteiger partial charge in [0.25, 0.3) is 0 Å². The predicted octanol–water partition coefficient (Wildman–Crippen LogP) is 2.43. The van der Waals surface area contributed by atoms with Gasteiger partial charge >= 0.3 is 0 Å². The van der Waals surface area contributed by atoms with Gasteiger partial charge in [0.1, 0.15) is 5.75 Å². The molecule has 94 valence electrons. The van der Waals surface area contributed by atoms with E-state index in [1.165, 1.54) is 0 Å². The second kappa shape index (κ2) is 4.89. The van der Waals surface area contributed by atoms with Crippen LogP contribution < -0.4 is 0 Å². The van der Waals surface area contributed by atoms with Crippen molar-refractivity contribution in [3.63, 3.8) is 0 Å². The second-order valence-corrected chi connectivity index (χ2v) is 4.09. The summed E-state index contributed by atoms with van der Waals surface area (Å²) in [6.45, 7) is 0. The van der Waals surface area contributed by atoms with Gasteiger partial charge in [-0.2, -0.15) is 4.98 Å². The Hall–Kier alpha value is -2.69. The lowest BCUT2D eigenvalue weighted by atomic mass is 10.1. The molecule has 0 unspecified atom stereocenters. The second-order valence-electron chi connectivity index (χ2n) is 4.09. The van der Waals surface area contributed by atoms with Crippen molar-refractivity contribution in [1.82, 2.24) is 15.1 Å². The molecule has 0 radical (unpaired) electrons. The number of hydrogen-bond donors (Lipinski definition) is 1. The highest BCUT2D eigenvalue weighted by Gasteiger charge is 2.08. The number of pyridine rings is 1. The number of phenolic OH excluding ortho intramolecular Hbond substituents is 1. The Kier molecular flexibility index (Phi) is 2.94. The Labute approximate surface area is 109 Å². The molecule has 2 aromatic heterocycles. The van der Waals surface area contributed by atoms with Gasteiger partial charge < -0.3 is 9.63 Å². The molecule has 0 aliphatic heterocycles. The molecule has 0 saturated heterocycles. The quantitative estimate of drug-likeness (QED) is 0.776. The van der Waals surface area contributed by atoms with Crippen molar-refractivity contribution in [2.24, 2.45) is 0 Å². The molecule has 5 nitrogen and oxygen atoms in total. The van der Waals surface area contributed by atoms with E-state index in [-0.39, 0.29) is 5.75 Å². The Balaban J connectivity index is 1.80. The summed E-state index contributed by atoms with van der Waals surface area (Å²) >= 11 is 0. The molecule has 0 spiro atoms. The maximum Gasteiger partial charge on any atom is 0.231 e. The van der Waals surface area contributed by atoms with Crippen LogP contribution in [-0.2, 0) is 6.42 Å². The number of aromatic hydroxyl groups is 1. The standard InChI is InChI=1S/C14H11N3O2/c18-12-3-1-10(2-4-12)9-13-16-14(17-19-13)11-5-7-15-8-6-11/h1-8,18H,9H2. The third-order valence-corrected chi connectivity index (χ3v) is 2.70. The van der Waals surface area contributed by atoms with Crippen LogP contribution in [0, 0.1) is 0 Å². The van der Waals surface area contributed by atoms with Crippen LogP contribution in [0.25, 0.3) is 11.4 Å². The van der Waals surface area contributed by atoms with Crippen LogP contribution in [0.2, 0.25) is 0 Å². The van der Waals surface area contributed by atoms with Gasteiger partial charge in [-0.15, -0.1) is 0 Å². The van der Waals surface area contributed by atoms with Crippen LogP contribution in [0.15, 0.2) is 53.3 Å². The monoisotopic (exact) mass is 253 g/mol. The first-order chi connectivity index (χ1) is 9.31. The van der Waals surface area contributed by atoms with Crippen LogP contribution in [0.4, 0.5) is 0 Å². The summed E-state index contributed by atoms with van der Waals surface area (Å²) < 4.78 is 5.21. The molecule has 5 heteroatoms. The Morgan fingerprint density at radius 1 is 1.00 bits per heavy atom. The van der Waals surface area contributed by atoms with Gasteiger partial charge in [-0.1, -0.05) is 17.3 Å². The third kappa shape index (κ3) is 2.60. The molecular formula is C14H11N3O2. The maximum absolute atomic E-state index is 9.22. The van der Waals surface area contributed by atoms with Crippen molar-refractivity contribution in [2.45, 2.75) is 6.42 Å². The SMILES string of the molecule is Oc1ccc(Cc2nc(-c3ccncc3)no2)cc1. The van der Waals surface area contributed by atoms with Crippen LogP contribution in [0.3, 0.4) is 0 Å². The van der Waals surface area contributed by atoms with E-state index in [0.717, 1.165) is 11.1 Å². The summed E-state index contributed by atoms with van der Waals surface area (Å²) in [4.78, 5) is 8.27. The average Bonchev–Trinajstić information content (AvgIpc) is 2.91. The summed E-state index contributed by atoms with van der Waals surface area (Å²) in [5, 5.41) is 13.2. The molecule has 1 aromatic carbocycles. The van der Waals surface area contributed by atoms with Crippen molar-refractivity contribution >= 4 is 0 Å². The fourth-order valence-electron chi connectivity index (χ4n) is 1.73. The van der Waals surface area contributed by atoms with Gasteiger partial charge in [0.05, 0.1) is 6.42 Å². The number of aromatic nitrogens is 3. The largest absolute Gasteiger partial charge is 0.508 e. The first-order valence-electron chi connectivity index (χ1n) is 5.82. The molecule has 0 fully saturated rings. The van der Waals surface area contributed by atoms with Crippen molar-refractivity contribution in [2.75, 3.05) is 0 Å². The molecule has 0 bridgehead atoms. The molecule has 1 N–H and O–H groups in total. The Morgan fingerprint density at radius 3 is 2.47 bits per heavy atom. The minimum Gasteiger partial charge on any atom is -0.508 e. The highest BCUT2D eigenvalue weighted by atomic mass is 16.5. The van der Waals surface area contributed by atoms with E-state index in [9.17, 15) is 5.11 Å². The fourth-order valence-corrected chi connectivity index (χ4v) is 1.73. The zero-order valence-electron chi connectivity index (χ0n) is 10.0. The molecule has 0 amide bonds. The van der Waals surface area contributed by atoms with E-state index in [4.69, 9.17) is 4.52 Å². The first kappa shape index (κ1) is 11.4. The lowest BCUT2D eigenvalue weighted by Gasteiger charge is -1.96. The number of phenols is 1. The molecule has 0 saturated carbocycles. The lowest BCUT2D eigenvalue weighted by Crippen LogP contribution is -1.88. The van der Waals surface area contributed by atoms with Crippen LogP contribution in [-0.4, -0.2) is 20.2 Å². The van der Waals surface area contributed by atoms with E-state index in [1.807, 2.05) is 24.3 Å².